The van der Waals surface area contributed by atoms with Crippen molar-refractivity contribution in [3.63, 3.8) is 0 Å². The SMILES string of the molecule is C=CC12CCc3cc(OS(N)(=O)=O)ccc3C1[C@@H](CCCCCCN1CCOCC1)C[C@@]1(C)C2CC[C@@H]1O. The highest BCUT2D eigenvalue weighted by molar-refractivity contribution is 7.84. The lowest BCUT2D eigenvalue weighted by atomic mass is 9.44. The number of aliphatic hydroxyl groups is 1. The lowest BCUT2D eigenvalue weighted by Gasteiger charge is -2.60. The number of fused-ring (bicyclic) bond motifs is 5. The van der Waals surface area contributed by atoms with Gasteiger partial charge in [-0.1, -0.05) is 38.3 Å². The number of benzene rings is 1. The molecule has 5 rings (SSSR count). The van der Waals surface area contributed by atoms with Gasteiger partial charge in [0.1, 0.15) is 5.75 Å². The minimum atomic E-state index is -4.06. The molecule has 0 bridgehead atoms. The molecule has 0 aromatic heterocycles. The molecule has 1 aromatic carbocycles. The molecule has 2 saturated carbocycles. The highest BCUT2D eigenvalue weighted by Gasteiger charge is 2.63. The molecule has 3 unspecified atom stereocenters. The van der Waals surface area contributed by atoms with Crippen LogP contribution in [0.1, 0.15) is 81.8 Å². The molecule has 38 heavy (non-hydrogen) atoms. The van der Waals surface area contributed by atoms with Gasteiger partial charge in [-0.05, 0) is 103 Å². The fourth-order valence-corrected chi connectivity index (χ4v) is 9.16. The standard InChI is InChI=1S/C30H46N2O5S/c1-3-30-14-13-22-20-24(37-38(31,34)35)9-10-25(22)28(30)23(21-29(2)26(30)11-12-27(29)33)8-6-4-5-7-15-32-16-18-36-19-17-32/h3,9-10,20,23,26-28,33H,1,4-8,11-19,21H2,2H3,(H2,31,34,35)/t23-,26?,27-,28?,29-,30?/m0/s1. The van der Waals surface area contributed by atoms with Gasteiger partial charge < -0.3 is 14.0 Å². The second-order valence-electron chi connectivity index (χ2n) is 12.5. The van der Waals surface area contributed by atoms with Gasteiger partial charge in [0.25, 0.3) is 0 Å². The third-order valence-corrected chi connectivity index (χ3v) is 10.9. The molecule has 0 spiro atoms. The van der Waals surface area contributed by atoms with Crippen LogP contribution < -0.4 is 9.32 Å². The van der Waals surface area contributed by atoms with Crippen LogP contribution in [0.3, 0.4) is 0 Å². The van der Waals surface area contributed by atoms with E-state index in [4.69, 9.17) is 14.1 Å². The summed E-state index contributed by atoms with van der Waals surface area (Å²) in [6, 6.07) is 5.69. The van der Waals surface area contributed by atoms with Gasteiger partial charge in [-0.2, -0.15) is 13.6 Å². The van der Waals surface area contributed by atoms with Gasteiger partial charge >= 0.3 is 10.3 Å². The van der Waals surface area contributed by atoms with Crippen LogP contribution in [0, 0.1) is 22.7 Å². The highest BCUT2D eigenvalue weighted by atomic mass is 32.2. The van der Waals surface area contributed by atoms with E-state index in [1.807, 2.05) is 6.07 Å². The summed E-state index contributed by atoms with van der Waals surface area (Å²) in [4.78, 5) is 2.51. The zero-order valence-electron chi connectivity index (χ0n) is 22.9. The number of nitrogens with zero attached hydrogens (tertiary/aromatic N) is 1. The van der Waals surface area contributed by atoms with E-state index in [0.717, 1.165) is 76.9 Å². The predicted octanol–water partition coefficient (Wildman–Crippen LogP) is 4.55. The Hall–Kier alpha value is -1.45. The van der Waals surface area contributed by atoms with Crippen molar-refractivity contribution in [3.05, 3.63) is 42.0 Å². The molecule has 8 heteroatoms. The van der Waals surface area contributed by atoms with Gasteiger partial charge in [0.05, 0.1) is 19.3 Å². The number of allylic oxidation sites excluding steroid dienone is 1. The van der Waals surface area contributed by atoms with Crippen LogP contribution in [-0.2, 0) is 21.5 Å². The maximum atomic E-state index is 11.5. The third-order valence-electron chi connectivity index (χ3n) is 10.5. The van der Waals surface area contributed by atoms with E-state index in [-0.39, 0.29) is 22.7 Å². The van der Waals surface area contributed by atoms with Crippen LogP contribution in [-0.4, -0.2) is 57.4 Å². The Morgan fingerprint density at radius 3 is 2.71 bits per heavy atom. The number of nitrogens with two attached hydrogens (primary N) is 1. The van der Waals surface area contributed by atoms with E-state index in [0.29, 0.717) is 17.8 Å². The largest absolute Gasteiger partial charge is 0.393 e. The zero-order valence-corrected chi connectivity index (χ0v) is 23.8. The zero-order chi connectivity index (χ0) is 27.0. The molecular weight excluding hydrogens is 500 g/mol. The minimum Gasteiger partial charge on any atom is -0.393 e. The van der Waals surface area contributed by atoms with E-state index in [1.54, 1.807) is 6.07 Å². The van der Waals surface area contributed by atoms with Gasteiger partial charge in [0, 0.05) is 13.1 Å². The quantitative estimate of drug-likeness (QED) is 0.330. The van der Waals surface area contributed by atoms with E-state index < -0.39 is 10.3 Å². The minimum absolute atomic E-state index is 0.0548. The first-order valence-electron chi connectivity index (χ1n) is 14.6. The molecule has 1 aromatic rings. The van der Waals surface area contributed by atoms with Crippen molar-refractivity contribution < 1.29 is 22.4 Å². The Bertz CT molecular complexity index is 1100. The molecule has 4 aliphatic rings. The van der Waals surface area contributed by atoms with E-state index in [9.17, 15) is 13.5 Å². The van der Waals surface area contributed by atoms with Crippen molar-refractivity contribution in [2.24, 2.45) is 27.8 Å². The van der Waals surface area contributed by atoms with Crippen molar-refractivity contribution in [2.75, 3.05) is 32.8 Å². The fraction of sp³-hybridized carbons (Fsp3) is 0.733. The Kier molecular flexibility index (Phi) is 8.28. The average Bonchev–Trinajstić information content (AvgIpc) is 3.19. The van der Waals surface area contributed by atoms with Crippen molar-refractivity contribution in [3.8, 4) is 5.75 Å². The van der Waals surface area contributed by atoms with Crippen LogP contribution in [0.4, 0.5) is 0 Å². The predicted molar refractivity (Wildman–Crippen MR) is 149 cm³/mol. The summed E-state index contributed by atoms with van der Waals surface area (Å²) < 4.78 is 33.5. The fourth-order valence-electron chi connectivity index (χ4n) is 8.79. The van der Waals surface area contributed by atoms with Crippen molar-refractivity contribution in [1.82, 2.24) is 4.90 Å². The Balaban J connectivity index is 1.34. The third kappa shape index (κ3) is 5.44. The summed E-state index contributed by atoms with van der Waals surface area (Å²) in [5.41, 5.74) is 2.32. The number of hydrogen-bond donors (Lipinski definition) is 2. The van der Waals surface area contributed by atoms with E-state index >= 15 is 0 Å². The monoisotopic (exact) mass is 546 g/mol. The molecule has 0 amide bonds. The van der Waals surface area contributed by atoms with Crippen LogP contribution >= 0.6 is 0 Å². The first-order valence-corrected chi connectivity index (χ1v) is 16.1. The Morgan fingerprint density at radius 2 is 1.97 bits per heavy atom. The van der Waals surface area contributed by atoms with Crippen LogP contribution in [0.2, 0.25) is 0 Å². The second kappa shape index (κ2) is 11.2. The molecule has 1 heterocycles. The number of aliphatic hydroxyl groups excluding tert-OH is 1. The van der Waals surface area contributed by atoms with Gasteiger partial charge in [0.2, 0.25) is 0 Å². The summed E-state index contributed by atoms with van der Waals surface area (Å²) in [5.74, 6) is 1.46. The van der Waals surface area contributed by atoms with Gasteiger partial charge in [0.15, 0.2) is 0 Å². The topological polar surface area (TPSA) is 102 Å². The average molecular weight is 547 g/mol. The van der Waals surface area contributed by atoms with Crippen LogP contribution in [0.15, 0.2) is 30.9 Å². The number of aryl methyl sites for hydroxylation is 1. The smallest absolute Gasteiger partial charge is 0.380 e. The lowest BCUT2D eigenvalue weighted by Crippen LogP contribution is -2.54. The van der Waals surface area contributed by atoms with Crippen LogP contribution in [0.5, 0.6) is 5.75 Å². The molecule has 3 fully saturated rings. The first-order chi connectivity index (χ1) is 18.2. The maximum Gasteiger partial charge on any atom is 0.380 e. The van der Waals surface area contributed by atoms with Gasteiger partial charge in [-0.3, -0.25) is 4.90 Å². The molecular formula is C30H46N2O5S. The summed E-state index contributed by atoms with van der Waals surface area (Å²) in [6.07, 6.45) is 12.8. The number of morpholine rings is 1. The molecule has 212 valence electrons. The highest BCUT2D eigenvalue weighted by Crippen LogP contribution is 2.69. The number of hydrogen-bond acceptors (Lipinski definition) is 6. The molecule has 6 atom stereocenters. The summed E-state index contributed by atoms with van der Waals surface area (Å²) in [7, 11) is -4.06. The van der Waals surface area contributed by atoms with Crippen molar-refractivity contribution >= 4 is 10.3 Å². The van der Waals surface area contributed by atoms with Gasteiger partial charge in [-0.25, -0.2) is 0 Å². The Morgan fingerprint density at radius 1 is 1.21 bits per heavy atom. The van der Waals surface area contributed by atoms with E-state index in [1.165, 1.54) is 31.2 Å². The molecule has 1 aliphatic heterocycles. The van der Waals surface area contributed by atoms with Gasteiger partial charge in [-0.15, -0.1) is 6.58 Å². The summed E-state index contributed by atoms with van der Waals surface area (Å²) in [5, 5.41) is 16.3. The Labute approximate surface area is 229 Å². The molecule has 1 saturated heterocycles. The summed E-state index contributed by atoms with van der Waals surface area (Å²) >= 11 is 0. The molecule has 7 nitrogen and oxygen atoms in total. The van der Waals surface area contributed by atoms with Crippen molar-refractivity contribution in [1.29, 1.82) is 0 Å². The maximum absolute atomic E-state index is 11.5. The second-order valence-corrected chi connectivity index (χ2v) is 13.7. The number of rotatable bonds is 10. The number of unbranched alkanes of at least 4 members (excludes halogenated alkanes) is 3. The molecule has 0 radical (unpaired) electrons. The lowest BCUT2D eigenvalue weighted by molar-refractivity contribution is -0.0812. The van der Waals surface area contributed by atoms with Crippen LogP contribution in [0.25, 0.3) is 0 Å². The molecule has 3 N–H and O–H groups in total. The summed E-state index contributed by atoms with van der Waals surface area (Å²) in [6.45, 7) is 11.7. The van der Waals surface area contributed by atoms with Crippen molar-refractivity contribution in [2.45, 2.75) is 83.2 Å². The first kappa shape index (κ1) is 28.1. The number of ether oxygens (including phenoxy) is 1. The normalized spacial score (nSPS) is 35.2. The van der Waals surface area contributed by atoms with E-state index in [2.05, 4.69) is 30.5 Å². The molecule has 3 aliphatic carbocycles.